The summed E-state index contributed by atoms with van der Waals surface area (Å²) in [6.45, 7) is 7.65. The average Bonchev–Trinajstić information content (AvgIpc) is 3.52. The van der Waals surface area contributed by atoms with Gasteiger partial charge in [0.2, 0.25) is 5.91 Å². The summed E-state index contributed by atoms with van der Waals surface area (Å²) in [4.78, 5) is 27.8. The third-order valence-corrected chi connectivity index (χ3v) is 7.60. The Morgan fingerprint density at radius 1 is 0.837 bits per heavy atom. The number of nitrogens with zero attached hydrogens (tertiary/aromatic N) is 3. The van der Waals surface area contributed by atoms with Gasteiger partial charge in [0, 0.05) is 36.8 Å². The molecule has 1 atom stereocenters. The molecule has 0 saturated heterocycles. The van der Waals surface area contributed by atoms with E-state index in [1.165, 1.54) is 6.20 Å². The Bertz CT molecular complexity index is 1670. The largest absolute Gasteiger partial charge is 0.618 e. The van der Waals surface area contributed by atoms with Gasteiger partial charge in [0.1, 0.15) is 11.7 Å². The third kappa shape index (κ3) is 6.33. The van der Waals surface area contributed by atoms with E-state index >= 15 is 0 Å². The highest BCUT2D eigenvalue weighted by atomic mass is 16.5. The van der Waals surface area contributed by atoms with Gasteiger partial charge in [0.15, 0.2) is 11.9 Å². The molecule has 2 N–H and O–H groups in total. The van der Waals surface area contributed by atoms with Gasteiger partial charge >= 0.3 is 0 Å². The number of carbonyl (C=O) groups excluding carboxylic acids is 2. The van der Waals surface area contributed by atoms with Gasteiger partial charge in [-0.25, -0.2) is 0 Å². The summed E-state index contributed by atoms with van der Waals surface area (Å²) >= 11 is 0. The fourth-order valence-electron chi connectivity index (χ4n) is 5.47. The predicted octanol–water partition coefficient (Wildman–Crippen LogP) is 5.95. The Kier molecular flexibility index (Phi) is 8.66. The van der Waals surface area contributed by atoms with Gasteiger partial charge in [-0.1, -0.05) is 72.8 Å². The van der Waals surface area contributed by atoms with Gasteiger partial charge in [-0.2, -0.15) is 9.83 Å². The molecule has 0 fully saturated rings. The first-order chi connectivity index (χ1) is 20.7. The Balaban J connectivity index is 1.51. The highest BCUT2D eigenvalue weighted by Gasteiger charge is 2.33. The van der Waals surface area contributed by atoms with Crippen LogP contribution in [0.3, 0.4) is 0 Å². The van der Waals surface area contributed by atoms with Crippen molar-refractivity contribution in [2.24, 2.45) is 0 Å². The van der Waals surface area contributed by atoms with Crippen LogP contribution in [0.15, 0.2) is 109 Å². The van der Waals surface area contributed by atoms with Crippen molar-refractivity contribution in [3.8, 4) is 11.1 Å². The second kappa shape index (κ2) is 12.7. The first-order valence-corrected chi connectivity index (χ1v) is 14.3. The lowest BCUT2D eigenvalue weighted by Crippen LogP contribution is -2.48. The van der Waals surface area contributed by atoms with Crippen LogP contribution in [0, 0.1) is 19.1 Å². The molecule has 0 aliphatic rings. The van der Waals surface area contributed by atoms with Crippen LogP contribution in [0.5, 0.6) is 0 Å². The summed E-state index contributed by atoms with van der Waals surface area (Å²) in [5.74, 6) is -1.22. The van der Waals surface area contributed by atoms with E-state index in [0.29, 0.717) is 17.1 Å². The zero-order chi connectivity index (χ0) is 30.5. The van der Waals surface area contributed by atoms with Gasteiger partial charge in [-0.3, -0.25) is 14.3 Å². The topological polar surface area (TPSA) is 103 Å². The molecular weight excluding hydrogens is 538 g/mol. The molecule has 0 saturated carbocycles. The van der Waals surface area contributed by atoms with Gasteiger partial charge in [0.05, 0.1) is 5.56 Å². The van der Waals surface area contributed by atoms with Crippen LogP contribution in [0.25, 0.3) is 11.1 Å². The van der Waals surface area contributed by atoms with Crippen LogP contribution in [0.2, 0.25) is 0 Å². The van der Waals surface area contributed by atoms with Gasteiger partial charge in [-0.05, 0) is 61.2 Å². The second-order valence-electron chi connectivity index (χ2n) is 10.9. The number of pyridine rings is 1. The van der Waals surface area contributed by atoms with Crippen molar-refractivity contribution >= 4 is 17.5 Å². The van der Waals surface area contributed by atoms with Crippen molar-refractivity contribution in [2.45, 2.75) is 45.7 Å². The van der Waals surface area contributed by atoms with E-state index in [0.717, 1.165) is 32.5 Å². The number of rotatable bonds is 9. The zero-order valence-electron chi connectivity index (χ0n) is 24.7. The minimum Gasteiger partial charge on any atom is -0.618 e. The van der Waals surface area contributed by atoms with E-state index < -0.39 is 12.0 Å². The van der Waals surface area contributed by atoms with Crippen molar-refractivity contribution in [3.63, 3.8) is 0 Å². The second-order valence-corrected chi connectivity index (χ2v) is 10.9. The van der Waals surface area contributed by atoms with E-state index in [1.54, 1.807) is 42.1 Å². The number of hydrogen-bond donors (Lipinski definition) is 2. The smallest absolute Gasteiger partial charge is 0.270 e. The molecule has 0 radical (unpaired) electrons. The van der Waals surface area contributed by atoms with Crippen LogP contribution in [-0.4, -0.2) is 27.6 Å². The third-order valence-electron chi connectivity index (χ3n) is 7.60. The van der Waals surface area contributed by atoms with Crippen molar-refractivity contribution < 1.29 is 14.3 Å². The number of nitrogens with one attached hydrogen (secondary N) is 2. The molecule has 3 aromatic carbocycles. The first kappa shape index (κ1) is 29.3. The molecule has 8 heteroatoms. The molecule has 0 unspecified atom stereocenters. The number of aromatic nitrogens is 3. The monoisotopic (exact) mass is 573 g/mol. The molecular formula is C35H35N5O3. The van der Waals surface area contributed by atoms with Crippen molar-refractivity contribution in [1.82, 2.24) is 15.1 Å². The highest BCUT2D eigenvalue weighted by Crippen LogP contribution is 2.30. The number of amides is 2. The number of anilines is 1. The molecule has 2 amide bonds. The Morgan fingerprint density at radius 2 is 1.44 bits per heavy atom. The van der Waals surface area contributed by atoms with Crippen molar-refractivity contribution in [3.05, 3.63) is 143 Å². The maximum atomic E-state index is 14.1. The lowest BCUT2D eigenvalue weighted by molar-refractivity contribution is -0.611. The van der Waals surface area contributed by atoms with E-state index in [-0.39, 0.29) is 17.9 Å². The number of hydrogen-bond acceptors (Lipinski definition) is 4. The molecule has 2 aromatic heterocycles. The maximum Gasteiger partial charge on any atom is 0.270 e. The first-order valence-electron chi connectivity index (χ1n) is 14.3. The SMILES string of the molecule is Cc1cc[n+]([O-])c(C)c1-c1ccc(NC(=O)[C@@H](NC(=O)c2ccnn2C(C)C)C(c2ccccc2)c2ccccc2)cc1. The van der Waals surface area contributed by atoms with Crippen LogP contribution in [-0.2, 0) is 4.79 Å². The molecule has 8 nitrogen and oxygen atoms in total. The molecule has 2 heterocycles. The molecule has 5 aromatic rings. The van der Waals surface area contributed by atoms with Gasteiger partial charge in [-0.15, -0.1) is 0 Å². The fraction of sp³-hybridized carbons (Fsp3) is 0.200. The Labute approximate surface area is 251 Å². The number of benzene rings is 3. The van der Waals surface area contributed by atoms with Crippen LogP contribution in [0.4, 0.5) is 5.69 Å². The quantitative estimate of drug-likeness (QED) is 0.168. The highest BCUT2D eigenvalue weighted by molar-refractivity contribution is 6.01. The molecule has 0 aliphatic carbocycles. The summed E-state index contributed by atoms with van der Waals surface area (Å²) < 4.78 is 2.49. The molecule has 218 valence electrons. The molecule has 43 heavy (non-hydrogen) atoms. The molecule has 0 bridgehead atoms. The minimum absolute atomic E-state index is 0.0337. The van der Waals surface area contributed by atoms with Crippen LogP contribution >= 0.6 is 0 Å². The summed E-state index contributed by atoms with van der Waals surface area (Å²) in [6.07, 6.45) is 3.09. The van der Waals surface area contributed by atoms with Crippen LogP contribution < -0.4 is 15.4 Å². The normalized spacial score (nSPS) is 11.9. The van der Waals surface area contributed by atoms with Gasteiger partial charge < -0.3 is 15.8 Å². The predicted molar refractivity (Wildman–Crippen MR) is 168 cm³/mol. The zero-order valence-corrected chi connectivity index (χ0v) is 24.7. The Morgan fingerprint density at radius 3 is 2.02 bits per heavy atom. The standard InChI is InChI=1S/C35H35N5O3/c1-23(2)40-30(19-21-36-40)34(41)38-33(32(26-11-7-5-8-12-26)27-13-9-6-10-14-27)35(42)37-29-17-15-28(16-18-29)31-24(3)20-22-39(43)25(31)4/h5-23,32-33H,1-4H3,(H,37,42)(H,38,41)/t33-/m0/s1. The summed E-state index contributed by atoms with van der Waals surface area (Å²) in [5, 5.41) is 22.6. The molecule has 0 aliphatic heterocycles. The van der Waals surface area contributed by atoms with Crippen LogP contribution in [0.1, 0.15) is 58.7 Å². The molecule has 5 rings (SSSR count). The maximum absolute atomic E-state index is 14.1. The lowest BCUT2D eigenvalue weighted by atomic mass is 9.84. The van der Waals surface area contributed by atoms with Gasteiger partial charge in [0.25, 0.3) is 5.91 Å². The summed E-state index contributed by atoms with van der Waals surface area (Å²) in [5.41, 5.74) is 6.05. The minimum atomic E-state index is -0.953. The Hall–Kier alpha value is -5.24. The lowest BCUT2D eigenvalue weighted by Gasteiger charge is -2.28. The summed E-state index contributed by atoms with van der Waals surface area (Å²) in [6, 6.07) is 29.2. The average molecular weight is 574 g/mol. The fourth-order valence-corrected chi connectivity index (χ4v) is 5.47. The number of carbonyl (C=O) groups is 2. The van der Waals surface area contributed by atoms with E-state index in [9.17, 15) is 14.8 Å². The van der Waals surface area contributed by atoms with Crippen molar-refractivity contribution in [2.75, 3.05) is 5.32 Å². The number of aryl methyl sites for hydroxylation is 1. The molecule has 0 spiro atoms. The van der Waals surface area contributed by atoms with E-state index in [2.05, 4.69) is 15.7 Å². The van der Waals surface area contributed by atoms with Crippen molar-refractivity contribution in [1.29, 1.82) is 0 Å². The van der Waals surface area contributed by atoms with E-state index in [4.69, 9.17) is 0 Å². The van der Waals surface area contributed by atoms with E-state index in [1.807, 2.05) is 93.6 Å². The summed E-state index contributed by atoms with van der Waals surface area (Å²) in [7, 11) is 0.